The summed E-state index contributed by atoms with van der Waals surface area (Å²) in [6, 6.07) is 7.58. The summed E-state index contributed by atoms with van der Waals surface area (Å²) in [6.07, 6.45) is 4.95. The molecule has 3 rings (SSSR count). The number of ether oxygens (including phenoxy) is 1. The number of aromatic nitrogens is 1. The molecule has 26 heavy (non-hydrogen) atoms. The zero-order chi connectivity index (χ0) is 18.5. The molecule has 0 atom stereocenters. The highest BCUT2D eigenvalue weighted by atomic mass is 35.5. The van der Waals surface area contributed by atoms with Crippen LogP contribution in [-0.4, -0.2) is 35.3 Å². The van der Waals surface area contributed by atoms with E-state index in [1.807, 2.05) is 42.0 Å². The van der Waals surface area contributed by atoms with E-state index < -0.39 is 0 Å². The summed E-state index contributed by atoms with van der Waals surface area (Å²) in [5, 5.41) is 7.36. The number of esters is 1. The molecule has 6 nitrogen and oxygen atoms in total. The fourth-order valence-electron chi connectivity index (χ4n) is 3.38. The highest BCUT2D eigenvalue weighted by molar-refractivity contribution is 6.31. The van der Waals surface area contributed by atoms with Gasteiger partial charge in [0.2, 0.25) is 0 Å². The van der Waals surface area contributed by atoms with Crippen LogP contribution >= 0.6 is 11.6 Å². The standard InChI is InChI=1S/C19H24ClN3O3/c1-2-21-19(25)22-15-5-7-16(8-6-15)26-18(24)12-23-10-9-13-3-4-14(20)11-17(13)23/h3-4,9-11,15-16H,2,5-8,12H2,1H3,(H2,21,22,25). The smallest absolute Gasteiger partial charge is 0.326 e. The highest BCUT2D eigenvalue weighted by Gasteiger charge is 2.25. The Morgan fingerprint density at radius 1 is 1.23 bits per heavy atom. The van der Waals surface area contributed by atoms with E-state index in [1.54, 1.807) is 0 Å². The first kappa shape index (κ1) is 18.6. The molecule has 140 valence electrons. The summed E-state index contributed by atoms with van der Waals surface area (Å²) in [4.78, 5) is 23.9. The largest absolute Gasteiger partial charge is 0.461 e. The molecule has 0 unspecified atom stereocenters. The predicted molar refractivity (Wildman–Crippen MR) is 101 cm³/mol. The van der Waals surface area contributed by atoms with Crippen LogP contribution in [-0.2, 0) is 16.1 Å². The van der Waals surface area contributed by atoms with Crippen LogP contribution < -0.4 is 10.6 Å². The predicted octanol–water partition coefficient (Wildman–Crippen LogP) is 3.47. The SMILES string of the molecule is CCNC(=O)NC1CCC(OC(=O)Cn2ccc3ccc(Cl)cc32)CC1. The number of rotatable bonds is 5. The van der Waals surface area contributed by atoms with Gasteiger partial charge in [-0.15, -0.1) is 0 Å². The van der Waals surface area contributed by atoms with Gasteiger partial charge in [0.25, 0.3) is 0 Å². The molecule has 0 spiro atoms. The van der Waals surface area contributed by atoms with Crippen molar-refractivity contribution in [2.75, 3.05) is 6.54 Å². The molecule has 1 aromatic heterocycles. The zero-order valence-corrected chi connectivity index (χ0v) is 15.6. The first-order valence-electron chi connectivity index (χ1n) is 9.03. The molecule has 1 aliphatic carbocycles. The first-order chi connectivity index (χ1) is 12.5. The molecule has 2 aromatic rings. The van der Waals surface area contributed by atoms with E-state index in [0.29, 0.717) is 11.6 Å². The lowest BCUT2D eigenvalue weighted by Gasteiger charge is -2.29. The average Bonchev–Trinajstić information content (AvgIpc) is 2.99. The van der Waals surface area contributed by atoms with Gasteiger partial charge in [0.15, 0.2) is 0 Å². The lowest BCUT2D eigenvalue weighted by molar-refractivity contribution is -0.151. The van der Waals surface area contributed by atoms with E-state index >= 15 is 0 Å². The Morgan fingerprint density at radius 3 is 2.73 bits per heavy atom. The van der Waals surface area contributed by atoms with Crippen molar-refractivity contribution in [2.24, 2.45) is 0 Å². The second-order valence-electron chi connectivity index (χ2n) is 6.61. The molecule has 7 heteroatoms. The molecule has 1 fully saturated rings. The second-order valence-corrected chi connectivity index (χ2v) is 7.05. The molecule has 1 saturated carbocycles. The van der Waals surface area contributed by atoms with Crippen LogP contribution in [0.25, 0.3) is 10.9 Å². The van der Waals surface area contributed by atoms with Crippen LogP contribution in [0.1, 0.15) is 32.6 Å². The van der Waals surface area contributed by atoms with E-state index in [1.165, 1.54) is 0 Å². The van der Waals surface area contributed by atoms with E-state index in [4.69, 9.17) is 16.3 Å². The minimum absolute atomic E-state index is 0.0831. The Hall–Kier alpha value is -2.21. The molecule has 2 N–H and O–H groups in total. The minimum atomic E-state index is -0.248. The van der Waals surface area contributed by atoms with Crippen molar-refractivity contribution < 1.29 is 14.3 Å². The molecule has 0 saturated heterocycles. The summed E-state index contributed by atoms with van der Waals surface area (Å²) < 4.78 is 7.48. The van der Waals surface area contributed by atoms with Crippen LogP contribution in [0.5, 0.6) is 0 Å². The maximum absolute atomic E-state index is 12.3. The van der Waals surface area contributed by atoms with Gasteiger partial charge in [0.1, 0.15) is 12.6 Å². The molecule has 0 radical (unpaired) electrons. The van der Waals surface area contributed by atoms with Crippen molar-refractivity contribution >= 4 is 34.5 Å². The van der Waals surface area contributed by atoms with Crippen LogP contribution in [0, 0.1) is 0 Å². The summed E-state index contributed by atoms with van der Waals surface area (Å²) in [6.45, 7) is 2.66. The quantitative estimate of drug-likeness (QED) is 0.783. The number of amides is 2. The van der Waals surface area contributed by atoms with Crippen molar-refractivity contribution in [1.29, 1.82) is 0 Å². The third kappa shape index (κ3) is 4.69. The number of fused-ring (bicyclic) bond motifs is 1. The number of halogens is 1. The first-order valence-corrected chi connectivity index (χ1v) is 9.41. The van der Waals surface area contributed by atoms with Crippen LogP contribution in [0.2, 0.25) is 5.02 Å². The maximum atomic E-state index is 12.3. The Balaban J connectivity index is 1.48. The number of urea groups is 1. The lowest BCUT2D eigenvalue weighted by Crippen LogP contribution is -2.44. The van der Waals surface area contributed by atoms with Gasteiger partial charge >= 0.3 is 12.0 Å². The molecule has 1 aromatic carbocycles. The number of benzene rings is 1. The van der Waals surface area contributed by atoms with Crippen molar-refractivity contribution in [1.82, 2.24) is 15.2 Å². The number of nitrogens with zero attached hydrogens (tertiary/aromatic N) is 1. The topological polar surface area (TPSA) is 72.4 Å². The van der Waals surface area contributed by atoms with Crippen LogP contribution in [0.4, 0.5) is 4.79 Å². The maximum Gasteiger partial charge on any atom is 0.326 e. The van der Waals surface area contributed by atoms with Crippen LogP contribution in [0.15, 0.2) is 30.5 Å². The van der Waals surface area contributed by atoms with Crippen molar-refractivity contribution in [3.05, 3.63) is 35.5 Å². The van der Waals surface area contributed by atoms with Gasteiger partial charge in [-0.2, -0.15) is 0 Å². The molecular formula is C19H24ClN3O3. The van der Waals surface area contributed by atoms with E-state index in [0.717, 1.165) is 36.6 Å². The van der Waals surface area contributed by atoms with Crippen LogP contribution in [0.3, 0.4) is 0 Å². The molecule has 2 amide bonds. The fraction of sp³-hybridized carbons (Fsp3) is 0.474. The molecule has 0 bridgehead atoms. The number of carbonyl (C=O) groups is 2. The number of hydrogen-bond acceptors (Lipinski definition) is 3. The van der Waals surface area contributed by atoms with E-state index in [9.17, 15) is 9.59 Å². The molecule has 1 aliphatic rings. The highest BCUT2D eigenvalue weighted by Crippen LogP contribution is 2.23. The average molecular weight is 378 g/mol. The van der Waals surface area contributed by atoms with Gasteiger partial charge in [0.05, 0.1) is 5.52 Å². The fourth-order valence-corrected chi connectivity index (χ4v) is 3.55. The van der Waals surface area contributed by atoms with Gasteiger partial charge in [-0.05, 0) is 56.2 Å². The third-order valence-corrected chi connectivity index (χ3v) is 4.92. The number of carbonyl (C=O) groups excluding carboxylic acids is 2. The van der Waals surface area contributed by atoms with Crippen molar-refractivity contribution in [3.63, 3.8) is 0 Å². The van der Waals surface area contributed by atoms with Gasteiger partial charge < -0.3 is 19.9 Å². The Kier molecular flexibility index (Phi) is 6.04. The Labute approximate surface area is 157 Å². The number of hydrogen-bond donors (Lipinski definition) is 2. The summed E-state index contributed by atoms with van der Waals surface area (Å²) in [5.41, 5.74) is 0.921. The minimum Gasteiger partial charge on any atom is -0.461 e. The van der Waals surface area contributed by atoms with Crippen molar-refractivity contribution in [3.8, 4) is 0 Å². The van der Waals surface area contributed by atoms with Gasteiger partial charge in [0, 0.05) is 23.8 Å². The normalized spacial score (nSPS) is 19.9. The Bertz CT molecular complexity index is 781. The molecule has 0 aliphatic heterocycles. The van der Waals surface area contributed by atoms with Gasteiger partial charge in [-0.1, -0.05) is 17.7 Å². The van der Waals surface area contributed by atoms with Gasteiger partial charge in [-0.25, -0.2) is 4.79 Å². The second kappa shape index (κ2) is 8.45. The van der Waals surface area contributed by atoms with E-state index in [2.05, 4.69) is 10.6 Å². The monoisotopic (exact) mass is 377 g/mol. The summed E-state index contributed by atoms with van der Waals surface area (Å²) in [5.74, 6) is -0.248. The molecule has 1 heterocycles. The van der Waals surface area contributed by atoms with Crippen molar-refractivity contribution in [2.45, 2.75) is 51.3 Å². The van der Waals surface area contributed by atoms with Gasteiger partial charge in [-0.3, -0.25) is 4.79 Å². The Morgan fingerprint density at radius 2 is 2.00 bits per heavy atom. The zero-order valence-electron chi connectivity index (χ0n) is 14.8. The summed E-state index contributed by atoms with van der Waals surface area (Å²) >= 11 is 6.05. The molecular weight excluding hydrogens is 354 g/mol. The van der Waals surface area contributed by atoms with E-state index in [-0.39, 0.29) is 30.7 Å². The lowest BCUT2D eigenvalue weighted by atomic mass is 9.93. The number of nitrogens with one attached hydrogen (secondary N) is 2. The third-order valence-electron chi connectivity index (χ3n) is 4.68. The summed E-state index contributed by atoms with van der Waals surface area (Å²) in [7, 11) is 0.